The molecule has 0 aliphatic carbocycles. The van der Waals surface area contributed by atoms with Crippen molar-refractivity contribution >= 4 is 0 Å². The lowest BCUT2D eigenvalue weighted by Gasteiger charge is -2.16. The van der Waals surface area contributed by atoms with Crippen LogP contribution in [0.15, 0.2) is 12.1 Å². The topological polar surface area (TPSA) is 55.5 Å². The standard InChI is InChI=1S/C12H19NO2/c1-8-6-10(11(14)4-5-13)12(15-3)7-9(8)2/h6-7,11,14H,4-5,13H2,1-3H3/t11-/m0/s1. The van der Waals surface area contributed by atoms with Gasteiger partial charge in [-0.3, -0.25) is 0 Å². The minimum Gasteiger partial charge on any atom is -0.496 e. The Kier molecular flexibility index (Phi) is 4.12. The molecule has 0 spiro atoms. The number of nitrogens with two attached hydrogens (primary N) is 1. The summed E-state index contributed by atoms with van der Waals surface area (Å²) in [4.78, 5) is 0. The van der Waals surface area contributed by atoms with Gasteiger partial charge in [-0.15, -0.1) is 0 Å². The average molecular weight is 209 g/mol. The summed E-state index contributed by atoms with van der Waals surface area (Å²) in [7, 11) is 1.61. The second-order valence-electron chi connectivity index (χ2n) is 3.77. The molecule has 0 aliphatic heterocycles. The number of aliphatic hydroxyl groups excluding tert-OH is 1. The van der Waals surface area contributed by atoms with Crippen molar-refractivity contribution in [2.75, 3.05) is 13.7 Å². The highest BCUT2D eigenvalue weighted by Gasteiger charge is 2.13. The fraction of sp³-hybridized carbons (Fsp3) is 0.500. The molecule has 84 valence electrons. The molecule has 0 heterocycles. The van der Waals surface area contributed by atoms with Gasteiger partial charge in [-0.1, -0.05) is 0 Å². The summed E-state index contributed by atoms with van der Waals surface area (Å²) >= 11 is 0. The third-order valence-electron chi connectivity index (χ3n) is 2.65. The van der Waals surface area contributed by atoms with E-state index in [1.54, 1.807) is 7.11 Å². The van der Waals surface area contributed by atoms with Crippen LogP contribution < -0.4 is 10.5 Å². The molecule has 1 atom stereocenters. The van der Waals surface area contributed by atoms with E-state index in [0.29, 0.717) is 13.0 Å². The molecule has 1 aromatic rings. The Bertz CT molecular complexity index is 337. The molecule has 0 bridgehead atoms. The van der Waals surface area contributed by atoms with E-state index < -0.39 is 6.10 Å². The zero-order chi connectivity index (χ0) is 11.4. The van der Waals surface area contributed by atoms with Crippen LogP contribution in [0.3, 0.4) is 0 Å². The molecule has 0 unspecified atom stereocenters. The van der Waals surface area contributed by atoms with E-state index in [1.807, 2.05) is 26.0 Å². The summed E-state index contributed by atoms with van der Waals surface area (Å²) < 4.78 is 5.25. The fourth-order valence-corrected chi connectivity index (χ4v) is 1.56. The number of aryl methyl sites for hydroxylation is 2. The van der Waals surface area contributed by atoms with Crippen LogP contribution in [0.5, 0.6) is 5.75 Å². The Morgan fingerprint density at radius 2 is 1.93 bits per heavy atom. The lowest BCUT2D eigenvalue weighted by Crippen LogP contribution is -2.08. The quantitative estimate of drug-likeness (QED) is 0.793. The first-order valence-electron chi connectivity index (χ1n) is 5.13. The molecule has 15 heavy (non-hydrogen) atoms. The predicted molar refractivity (Wildman–Crippen MR) is 61.1 cm³/mol. The van der Waals surface area contributed by atoms with Gasteiger partial charge < -0.3 is 15.6 Å². The Balaban J connectivity index is 3.09. The number of ether oxygens (including phenoxy) is 1. The van der Waals surface area contributed by atoms with Crippen molar-refractivity contribution in [1.29, 1.82) is 0 Å². The van der Waals surface area contributed by atoms with Crippen LogP contribution in [-0.2, 0) is 0 Å². The van der Waals surface area contributed by atoms with Crippen molar-refractivity contribution in [3.63, 3.8) is 0 Å². The summed E-state index contributed by atoms with van der Waals surface area (Å²) in [5.74, 6) is 0.735. The highest BCUT2D eigenvalue weighted by atomic mass is 16.5. The number of methoxy groups -OCH3 is 1. The molecule has 0 saturated carbocycles. The maximum Gasteiger partial charge on any atom is 0.124 e. The number of benzene rings is 1. The molecule has 3 heteroatoms. The van der Waals surface area contributed by atoms with Crippen molar-refractivity contribution < 1.29 is 9.84 Å². The Morgan fingerprint density at radius 1 is 1.33 bits per heavy atom. The summed E-state index contributed by atoms with van der Waals surface area (Å²) in [5.41, 5.74) is 8.57. The van der Waals surface area contributed by atoms with E-state index in [1.165, 1.54) is 0 Å². The average Bonchev–Trinajstić information content (AvgIpc) is 2.21. The fourth-order valence-electron chi connectivity index (χ4n) is 1.56. The third-order valence-corrected chi connectivity index (χ3v) is 2.65. The van der Waals surface area contributed by atoms with Gasteiger partial charge in [-0.25, -0.2) is 0 Å². The minimum absolute atomic E-state index is 0.469. The lowest BCUT2D eigenvalue weighted by molar-refractivity contribution is 0.166. The largest absolute Gasteiger partial charge is 0.496 e. The van der Waals surface area contributed by atoms with Gasteiger partial charge in [0.05, 0.1) is 13.2 Å². The van der Waals surface area contributed by atoms with Gasteiger partial charge >= 0.3 is 0 Å². The molecule has 0 fully saturated rings. The molecule has 3 nitrogen and oxygen atoms in total. The second kappa shape index (κ2) is 5.14. The van der Waals surface area contributed by atoms with Crippen molar-refractivity contribution in [2.24, 2.45) is 5.73 Å². The molecule has 3 N–H and O–H groups in total. The summed E-state index contributed by atoms with van der Waals surface area (Å²) in [6.45, 7) is 4.52. The van der Waals surface area contributed by atoms with Gasteiger partial charge in [0, 0.05) is 5.56 Å². The Labute approximate surface area is 90.9 Å². The van der Waals surface area contributed by atoms with Crippen LogP contribution in [0.4, 0.5) is 0 Å². The van der Waals surface area contributed by atoms with Crippen LogP contribution in [0.2, 0.25) is 0 Å². The highest BCUT2D eigenvalue weighted by Crippen LogP contribution is 2.29. The number of rotatable bonds is 4. The smallest absolute Gasteiger partial charge is 0.124 e. The molecule has 0 amide bonds. The monoisotopic (exact) mass is 209 g/mol. The van der Waals surface area contributed by atoms with Crippen LogP contribution in [0, 0.1) is 13.8 Å². The molecule has 0 radical (unpaired) electrons. The predicted octanol–water partition coefficient (Wildman–Crippen LogP) is 1.69. The van der Waals surface area contributed by atoms with Gasteiger partial charge in [-0.05, 0) is 50.1 Å². The first kappa shape index (κ1) is 12.0. The number of hydrogen-bond acceptors (Lipinski definition) is 3. The minimum atomic E-state index is -0.538. The van der Waals surface area contributed by atoms with Crippen molar-refractivity contribution in [3.05, 3.63) is 28.8 Å². The normalized spacial score (nSPS) is 12.6. The molecular weight excluding hydrogens is 190 g/mol. The molecular formula is C12H19NO2. The van der Waals surface area contributed by atoms with Crippen LogP contribution in [0.1, 0.15) is 29.2 Å². The van der Waals surface area contributed by atoms with E-state index in [4.69, 9.17) is 10.5 Å². The van der Waals surface area contributed by atoms with E-state index in [-0.39, 0.29) is 0 Å². The van der Waals surface area contributed by atoms with E-state index in [2.05, 4.69) is 0 Å². The molecule has 1 rings (SSSR count). The molecule has 0 aliphatic rings. The van der Waals surface area contributed by atoms with Crippen molar-refractivity contribution in [3.8, 4) is 5.75 Å². The number of aliphatic hydroxyl groups is 1. The van der Waals surface area contributed by atoms with E-state index in [0.717, 1.165) is 22.4 Å². The third kappa shape index (κ3) is 2.70. The van der Waals surface area contributed by atoms with Gasteiger partial charge in [0.25, 0.3) is 0 Å². The maximum absolute atomic E-state index is 9.89. The Hall–Kier alpha value is -1.06. The second-order valence-corrected chi connectivity index (χ2v) is 3.77. The van der Waals surface area contributed by atoms with Gasteiger partial charge in [0.15, 0.2) is 0 Å². The van der Waals surface area contributed by atoms with Gasteiger partial charge in [0.1, 0.15) is 5.75 Å². The van der Waals surface area contributed by atoms with Crippen molar-refractivity contribution in [2.45, 2.75) is 26.4 Å². The van der Waals surface area contributed by atoms with Crippen LogP contribution in [0.25, 0.3) is 0 Å². The lowest BCUT2D eigenvalue weighted by atomic mass is 9.99. The highest BCUT2D eigenvalue weighted by molar-refractivity contribution is 5.42. The maximum atomic E-state index is 9.89. The van der Waals surface area contributed by atoms with Gasteiger partial charge in [-0.2, -0.15) is 0 Å². The number of hydrogen-bond donors (Lipinski definition) is 2. The van der Waals surface area contributed by atoms with E-state index >= 15 is 0 Å². The van der Waals surface area contributed by atoms with Crippen molar-refractivity contribution in [1.82, 2.24) is 0 Å². The zero-order valence-corrected chi connectivity index (χ0v) is 9.58. The first-order valence-corrected chi connectivity index (χ1v) is 5.13. The van der Waals surface area contributed by atoms with E-state index in [9.17, 15) is 5.11 Å². The zero-order valence-electron chi connectivity index (χ0n) is 9.58. The van der Waals surface area contributed by atoms with Crippen LogP contribution in [-0.4, -0.2) is 18.8 Å². The first-order chi connectivity index (χ1) is 7.10. The Morgan fingerprint density at radius 3 is 2.47 bits per heavy atom. The summed E-state index contributed by atoms with van der Waals surface area (Å²) in [6.07, 6.45) is 0.0167. The van der Waals surface area contributed by atoms with Crippen LogP contribution >= 0.6 is 0 Å². The summed E-state index contributed by atoms with van der Waals surface area (Å²) in [6, 6.07) is 3.92. The molecule has 0 saturated heterocycles. The molecule has 0 aromatic heterocycles. The van der Waals surface area contributed by atoms with Gasteiger partial charge in [0.2, 0.25) is 0 Å². The SMILES string of the molecule is COc1cc(C)c(C)cc1[C@@H](O)CCN. The molecule has 1 aromatic carbocycles. The summed E-state index contributed by atoms with van der Waals surface area (Å²) in [5, 5.41) is 9.89.